The van der Waals surface area contributed by atoms with E-state index in [1.807, 2.05) is 20.8 Å². The van der Waals surface area contributed by atoms with Crippen LogP contribution in [-0.4, -0.2) is 17.8 Å². The molecule has 0 bridgehead atoms. The number of benzene rings is 1. The predicted molar refractivity (Wildman–Crippen MR) is 67.3 cm³/mol. The summed E-state index contributed by atoms with van der Waals surface area (Å²) in [5.74, 6) is 0.423. The van der Waals surface area contributed by atoms with Gasteiger partial charge in [-0.05, 0) is 26.8 Å². The van der Waals surface area contributed by atoms with Crippen LogP contribution in [0.2, 0.25) is 5.02 Å². The Hall–Kier alpha value is -0.970. The third kappa shape index (κ3) is 4.42. The number of hydroxylamine groups is 1. The summed E-state index contributed by atoms with van der Waals surface area (Å²) in [5.41, 5.74) is 3.12. The van der Waals surface area contributed by atoms with Gasteiger partial charge in [0.2, 0.25) is 0 Å². The number of ether oxygens (including phenoxy) is 1. The summed E-state index contributed by atoms with van der Waals surface area (Å²) in [4.78, 5) is 5.36. The Kier molecular flexibility index (Phi) is 4.62. The molecule has 0 amide bonds. The van der Waals surface area contributed by atoms with Crippen molar-refractivity contribution in [2.45, 2.75) is 32.9 Å². The minimum Gasteiger partial charge on any atom is -0.504 e. The van der Waals surface area contributed by atoms with Gasteiger partial charge in [0, 0.05) is 23.2 Å². The summed E-state index contributed by atoms with van der Waals surface area (Å²) < 4.78 is 5.01. The summed E-state index contributed by atoms with van der Waals surface area (Å²) >= 11 is 5.91. The molecule has 0 heterocycles. The van der Waals surface area contributed by atoms with Crippen LogP contribution in [0.15, 0.2) is 12.1 Å². The van der Waals surface area contributed by atoms with Crippen LogP contribution in [0, 0.1) is 0 Å². The van der Waals surface area contributed by atoms with Gasteiger partial charge in [-0.2, -0.15) is 5.48 Å². The van der Waals surface area contributed by atoms with E-state index < -0.39 is 0 Å². The molecule has 5 heteroatoms. The van der Waals surface area contributed by atoms with Gasteiger partial charge in [0.15, 0.2) is 11.5 Å². The van der Waals surface area contributed by atoms with Crippen LogP contribution < -0.4 is 10.2 Å². The molecule has 0 fully saturated rings. The van der Waals surface area contributed by atoms with Gasteiger partial charge < -0.3 is 9.84 Å². The second kappa shape index (κ2) is 5.58. The van der Waals surface area contributed by atoms with Gasteiger partial charge in [-0.1, -0.05) is 11.6 Å². The molecule has 17 heavy (non-hydrogen) atoms. The van der Waals surface area contributed by atoms with E-state index in [1.54, 1.807) is 12.1 Å². The smallest absolute Gasteiger partial charge is 0.162 e. The summed E-state index contributed by atoms with van der Waals surface area (Å²) in [5, 5.41) is 10.4. The highest BCUT2D eigenvalue weighted by Crippen LogP contribution is 2.33. The third-order valence-electron chi connectivity index (χ3n) is 1.98. The lowest BCUT2D eigenvalue weighted by Crippen LogP contribution is -2.28. The maximum Gasteiger partial charge on any atom is 0.162 e. The van der Waals surface area contributed by atoms with Gasteiger partial charge in [0.25, 0.3) is 0 Å². The second-order valence-electron chi connectivity index (χ2n) is 4.65. The molecule has 2 N–H and O–H groups in total. The molecule has 0 atom stereocenters. The first-order valence-corrected chi connectivity index (χ1v) is 5.67. The monoisotopic (exact) mass is 259 g/mol. The molecule has 1 aromatic carbocycles. The molecule has 1 rings (SSSR count). The van der Waals surface area contributed by atoms with Crippen molar-refractivity contribution in [1.82, 2.24) is 5.48 Å². The van der Waals surface area contributed by atoms with Crippen molar-refractivity contribution in [1.29, 1.82) is 0 Å². The van der Waals surface area contributed by atoms with E-state index in [9.17, 15) is 5.11 Å². The average molecular weight is 260 g/mol. The quantitative estimate of drug-likeness (QED) is 0.817. The summed E-state index contributed by atoms with van der Waals surface area (Å²) in [6.07, 6.45) is 0. The Bertz CT molecular complexity index is 388. The van der Waals surface area contributed by atoms with E-state index in [2.05, 4.69) is 5.48 Å². The molecule has 0 aromatic heterocycles. The number of methoxy groups -OCH3 is 1. The Morgan fingerprint density at radius 2 is 2.00 bits per heavy atom. The van der Waals surface area contributed by atoms with E-state index in [1.165, 1.54) is 7.11 Å². The zero-order valence-electron chi connectivity index (χ0n) is 10.5. The largest absolute Gasteiger partial charge is 0.504 e. The van der Waals surface area contributed by atoms with Crippen molar-refractivity contribution < 1.29 is 14.7 Å². The first-order valence-electron chi connectivity index (χ1n) is 5.30. The lowest BCUT2D eigenvalue weighted by atomic mass is 10.2. The average Bonchev–Trinajstić information content (AvgIpc) is 2.20. The molecule has 96 valence electrons. The highest BCUT2D eigenvalue weighted by atomic mass is 35.5. The van der Waals surface area contributed by atoms with Crippen molar-refractivity contribution >= 4 is 11.6 Å². The Morgan fingerprint density at radius 3 is 2.53 bits per heavy atom. The molecule has 1 aromatic rings. The SMILES string of the molecule is COc1cc(Cl)cc(CNOC(C)(C)C)c1O. The van der Waals surface area contributed by atoms with Crippen molar-refractivity contribution in [3.05, 3.63) is 22.7 Å². The number of hydrogen-bond acceptors (Lipinski definition) is 4. The topological polar surface area (TPSA) is 50.7 Å². The zero-order chi connectivity index (χ0) is 13.1. The lowest BCUT2D eigenvalue weighted by Gasteiger charge is -2.20. The molecule has 0 aliphatic carbocycles. The predicted octanol–water partition coefficient (Wildman–Crippen LogP) is 2.87. The second-order valence-corrected chi connectivity index (χ2v) is 5.09. The van der Waals surface area contributed by atoms with Crippen LogP contribution in [0.1, 0.15) is 26.3 Å². The number of nitrogens with one attached hydrogen (secondary N) is 1. The van der Waals surface area contributed by atoms with Gasteiger partial charge >= 0.3 is 0 Å². The van der Waals surface area contributed by atoms with Crippen LogP contribution in [-0.2, 0) is 11.4 Å². The fourth-order valence-corrected chi connectivity index (χ4v) is 1.48. The standard InChI is InChI=1S/C12H18ClNO3/c1-12(2,3)17-14-7-8-5-9(13)6-10(16-4)11(8)15/h5-6,14-15H,7H2,1-4H3. The van der Waals surface area contributed by atoms with E-state index in [0.717, 1.165) is 0 Å². The summed E-state index contributed by atoms with van der Waals surface area (Å²) in [6.45, 7) is 6.13. The number of halogens is 1. The van der Waals surface area contributed by atoms with Crippen LogP contribution >= 0.6 is 11.6 Å². The molecular formula is C12H18ClNO3. The maximum atomic E-state index is 9.86. The summed E-state index contributed by atoms with van der Waals surface area (Å²) in [7, 11) is 1.48. The maximum absolute atomic E-state index is 9.86. The van der Waals surface area contributed by atoms with Gasteiger partial charge in [-0.15, -0.1) is 0 Å². The first-order chi connectivity index (χ1) is 7.83. The molecule has 0 unspecified atom stereocenters. The summed E-state index contributed by atoms with van der Waals surface area (Å²) in [6, 6.07) is 3.23. The number of rotatable bonds is 4. The van der Waals surface area contributed by atoms with E-state index in [-0.39, 0.29) is 11.4 Å². The molecule has 0 aliphatic rings. The molecule has 0 saturated carbocycles. The van der Waals surface area contributed by atoms with E-state index in [4.69, 9.17) is 21.2 Å². The first kappa shape index (κ1) is 14.1. The Labute approximate surface area is 106 Å². The van der Waals surface area contributed by atoms with E-state index >= 15 is 0 Å². The normalized spacial score (nSPS) is 11.6. The number of aromatic hydroxyl groups is 1. The van der Waals surface area contributed by atoms with Gasteiger partial charge in [-0.3, -0.25) is 4.84 Å². The molecule has 0 aliphatic heterocycles. The highest BCUT2D eigenvalue weighted by molar-refractivity contribution is 6.30. The Balaban J connectivity index is 2.74. The third-order valence-corrected chi connectivity index (χ3v) is 2.20. The fraction of sp³-hybridized carbons (Fsp3) is 0.500. The van der Waals surface area contributed by atoms with Crippen molar-refractivity contribution in [2.75, 3.05) is 7.11 Å². The molecule has 0 spiro atoms. The van der Waals surface area contributed by atoms with Crippen molar-refractivity contribution in [3.63, 3.8) is 0 Å². The van der Waals surface area contributed by atoms with Crippen LogP contribution in [0.25, 0.3) is 0 Å². The fourth-order valence-electron chi connectivity index (χ4n) is 1.25. The molecule has 4 nitrogen and oxygen atoms in total. The zero-order valence-corrected chi connectivity index (χ0v) is 11.3. The number of phenolic OH excluding ortho intramolecular Hbond substituents is 1. The van der Waals surface area contributed by atoms with Crippen LogP contribution in [0.5, 0.6) is 11.5 Å². The minimum absolute atomic E-state index is 0.0712. The minimum atomic E-state index is -0.293. The van der Waals surface area contributed by atoms with E-state index in [0.29, 0.717) is 22.9 Å². The van der Waals surface area contributed by atoms with Gasteiger partial charge in [-0.25, -0.2) is 0 Å². The number of hydrogen-bond donors (Lipinski definition) is 2. The highest BCUT2D eigenvalue weighted by Gasteiger charge is 2.13. The number of phenols is 1. The molecule has 0 saturated heterocycles. The molecular weight excluding hydrogens is 242 g/mol. The Morgan fingerprint density at radius 1 is 1.35 bits per heavy atom. The van der Waals surface area contributed by atoms with Crippen molar-refractivity contribution in [2.24, 2.45) is 0 Å². The van der Waals surface area contributed by atoms with Crippen molar-refractivity contribution in [3.8, 4) is 11.5 Å². The van der Waals surface area contributed by atoms with Gasteiger partial charge in [0.1, 0.15) is 0 Å². The van der Waals surface area contributed by atoms with Gasteiger partial charge in [0.05, 0.1) is 12.7 Å². The van der Waals surface area contributed by atoms with Crippen LogP contribution in [0.4, 0.5) is 0 Å². The van der Waals surface area contributed by atoms with Crippen LogP contribution in [0.3, 0.4) is 0 Å². The molecule has 0 radical (unpaired) electrons. The lowest BCUT2D eigenvalue weighted by molar-refractivity contribution is -0.0759.